The predicted octanol–water partition coefficient (Wildman–Crippen LogP) is 4.63. The monoisotopic (exact) mass is 347 g/mol. The highest BCUT2D eigenvalue weighted by Crippen LogP contribution is 2.35. The molecule has 0 radical (unpaired) electrons. The van der Waals surface area contributed by atoms with E-state index in [9.17, 15) is 27.9 Å². The highest BCUT2D eigenvalue weighted by molar-refractivity contribution is 5.88. The van der Waals surface area contributed by atoms with Gasteiger partial charge in [0.05, 0.1) is 11.5 Å². The summed E-state index contributed by atoms with van der Waals surface area (Å²) in [5.74, 6) is -2.23. The Morgan fingerprint density at radius 3 is 2.25 bits per heavy atom. The van der Waals surface area contributed by atoms with Crippen molar-refractivity contribution in [1.82, 2.24) is 0 Å². The Bertz CT molecular complexity index is 621. The number of anilines is 1. The molecule has 0 aromatic heterocycles. The summed E-state index contributed by atoms with van der Waals surface area (Å²) in [6.07, 6.45) is -5.42. The Morgan fingerprint density at radius 1 is 1.25 bits per heavy atom. The van der Waals surface area contributed by atoms with Gasteiger partial charge in [-0.05, 0) is 44.9 Å². The van der Waals surface area contributed by atoms with Gasteiger partial charge in [-0.3, -0.25) is 10.1 Å². The van der Waals surface area contributed by atoms with Crippen LogP contribution in [-0.2, 0) is 15.7 Å². The van der Waals surface area contributed by atoms with Crippen LogP contribution in [0.3, 0.4) is 0 Å². The molecule has 134 valence electrons. The Hall–Kier alpha value is -2.25. The SMILES string of the molecule is CCC(C(=O)O)c1ccc(C(F)(F)F)cc1NC(=O)OC(C)(C)C. The number of ether oxygens (including phenoxy) is 1. The number of halogens is 3. The third kappa shape index (κ3) is 5.43. The van der Waals surface area contributed by atoms with E-state index in [4.69, 9.17) is 4.74 Å². The number of alkyl halides is 3. The topological polar surface area (TPSA) is 75.6 Å². The molecule has 0 bridgehead atoms. The Labute approximate surface area is 137 Å². The van der Waals surface area contributed by atoms with Crippen LogP contribution < -0.4 is 5.32 Å². The first-order chi connectivity index (χ1) is 10.8. The van der Waals surface area contributed by atoms with Crippen LogP contribution in [0.1, 0.15) is 51.2 Å². The fourth-order valence-corrected chi connectivity index (χ4v) is 2.09. The number of hydrogen-bond acceptors (Lipinski definition) is 3. The average Bonchev–Trinajstić information content (AvgIpc) is 2.37. The largest absolute Gasteiger partial charge is 0.481 e. The number of benzene rings is 1. The quantitative estimate of drug-likeness (QED) is 0.832. The third-order valence-electron chi connectivity index (χ3n) is 3.10. The van der Waals surface area contributed by atoms with Crippen LogP contribution in [0, 0.1) is 0 Å². The van der Waals surface area contributed by atoms with Gasteiger partial charge in [-0.1, -0.05) is 13.0 Å². The lowest BCUT2D eigenvalue weighted by Crippen LogP contribution is -2.28. The molecule has 0 saturated heterocycles. The van der Waals surface area contributed by atoms with E-state index < -0.39 is 35.3 Å². The molecule has 0 fully saturated rings. The van der Waals surface area contributed by atoms with Gasteiger partial charge in [-0.25, -0.2) is 4.79 Å². The number of rotatable bonds is 4. The Morgan fingerprint density at radius 2 is 1.83 bits per heavy atom. The Kier molecular flexibility index (Phi) is 5.86. The van der Waals surface area contributed by atoms with Crippen LogP contribution in [0.2, 0.25) is 0 Å². The van der Waals surface area contributed by atoms with Crippen LogP contribution in [-0.4, -0.2) is 22.8 Å². The van der Waals surface area contributed by atoms with Gasteiger partial charge in [0.25, 0.3) is 0 Å². The summed E-state index contributed by atoms with van der Waals surface area (Å²) in [7, 11) is 0. The molecule has 0 aliphatic heterocycles. The van der Waals surface area contributed by atoms with Crippen molar-refractivity contribution in [1.29, 1.82) is 0 Å². The number of carboxylic acid groups (broad SMARTS) is 1. The lowest BCUT2D eigenvalue weighted by molar-refractivity contribution is -0.139. The van der Waals surface area contributed by atoms with Crippen molar-refractivity contribution in [3.63, 3.8) is 0 Å². The fraction of sp³-hybridized carbons (Fsp3) is 0.500. The molecule has 0 heterocycles. The molecule has 1 rings (SSSR count). The van der Waals surface area contributed by atoms with Crippen LogP contribution in [0.25, 0.3) is 0 Å². The van der Waals surface area contributed by atoms with Crippen LogP contribution in [0.5, 0.6) is 0 Å². The number of nitrogens with one attached hydrogen (secondary N) is 1. The molecule has 0 saturated carbocycles. The maximum Gasteiger partial charge on any atom is 0.416 e. The lowest BCUT2D eigenvalue weighted by Gasteiger charge is -2.22. The normalized spacial score (nSPS) is 13.3. The number of carboxylic acids is 1. The molecule has 1 atom stereocenters. The smallest absolute Gasteiger partial charge is 0.416 e. The minimum absolute atomic E-state index is 0.0869. The summed E-state index contributed by atoms with van der Waals surface area (Å²) in [4.78, 5) is 23.2. The molecule has 0 aliphatic carbocycles. The first-order valence-corrected chi connectivity index (χ1v) is 7.29. The van der Waals surface area contributed by atoms with E-state index in [0.29, 0.717) is 6.07 Å². The maximum atomic E-state index is 12.9. The van der Waals surface area contributed by atoms with Gasteiger partial charge >= 0.3 is 18.2 Å². The number of carbonyl (C=O) groups is 2. The fourth-order valence-electron chi connectivity index (χ4n) is 2.09. The summed E-state index contributed by atoms with van der Waals surface area (Å²) >= 11 is 0. The van der Waals surface area contributed by atoms with Gasteiger partial charge in [0, 0.05) is 5.69 Å². The van der Waals surface area contributed by atoms with E-state index in [1.54, 1.807) is 27.7 Å². The predicted molar refractivity (Wildman–Crippen MR) is 82.0 cm³/mol. The summed E-state index contributed by atoms with van der Waals surface area (Å²) in [6.45, 7) is 6.40. The van der Waals surface area contributed by atoms with Gasteiger partial charge in [-0.15, -0.1) is 0 Å². The van der Waals surface area contributed by atoms with E-state index >= 15 is 0 Å². The molecule has 24 heavy (non-hydrogen) atoms. The summed E-state index contributed by atoms with van der Waals surface area (Å²) in [5.41, 5.74) is -1.97. The first-order valence-electron chi connectivity index (χ1n) is 7.29. The number of carbonyl (C=O) groups excluding carboxylic acids is 1. The molecule has 1 amide bonds. The van der Waals surface area contributed by atoms with Crippen molar-refractivity contribution >= 4 is 17.7 Å². The maximum absolute atomic E-state index is 12.9. The number of hydrogen-bond donors (Lipinski definition) is 2. The first kappa shape index (κ1) is 19.8. The second-order valence-electron chi connectivity index (χ2n) is 6.23. The van der Waals surface area contributed by atoms with Crippen molar-refractivity contribution in [3.05, 3.63) is 29.3 Å². The van der Waals surface area contributed by atoms with Crippen molar-refractivity contribution in [2.45, 2.75) is 51.8 Å². The van der Waals surface area contributed by atoms with Crippen molar-refractivity contribution in [2.24, 2.45) is 0 Å². The molecule has 1 aromatic rings. The zero-order chi connectivity index (χ0) is 18.7. The lowest BCUT2D eigenvalue weighted by atomic mass is 9.93. The highest BCUT2D eigenvalue weighted by atomic mass is 19.4. The molecule has 2 N–H and O–H groups in total. The minimum atomic E-state index is -4.62. The second kappa shape index (κ2) is 7.11. The molecule has 0 aliphatic rings. The molecule has 1 aromatic carbocycles. The number of amides is 1. The average molecular weight is 347 g/mol. The highest BCUT2D eigenvalue weighted by Gasteiger charge is 2.33. The van der Waals surface area contributed by atoms with Crippen molar-refractivity contribution in [2.75, 3.05) is 5.32 Å². The molecule has 8 heteroatoms. The molecule has 5 nitrogen and oxygen atoms in total. The minimum Gasteiger partial charge on any atom is -0.481 e. The van der Waals surface area contributed by atoms with Crippen molar-refractivity contribution in [3.8, 4) is 0 Å². The Balaban J connectivity index is 3.29. The molecular weight excluding hydrogens is 327 g/mol. The van der Waals surface area contributed by atoms with Gasteiger partial charge in [0.1, 0.15) is 5.60 Å². The summed E-state index contributed by atoms with van der Waals surface area (Å²) in [5, 5.41) is 11.5. The van der Waals surface area contributed by atoms with E-state index in [1.165, 1.54) is 0 Å². The van der Waals surface area contributed by atoms with Crippen LogP contribution in [0.15, 0.2) is 18.2 Å². The summed E-state index contributed by atoms with van der Waals surface area (Å²) in [6, 6.07) is 2.57. The van der Waals surface area contributed by atoms with Gasteiger partial charge in [0.2, 0.25) is 0 Å². The number of aliphatic carboxylic acids is 1. The van der Waals surface area contributed by atoms with E-state index in [2.05, 4.69) is 5.32 Å². The van der Waals surface area contributed by atoms with Gasteiger partial charge in [0.15, 0.2) is 0 Å². The standard InChI is InChI=1S/C16H20F3NO4/c1-5-10(13(21)22)11-7-6-9(16(17,18)19)8-12(11)20-14(23)24-15(2,3)4/h6-8,10H,5H2,1-4H3,(H,20,23)(H,21,22). The molecule has 0 spiro atoms. The van der Waals surface area contributed by atoms with Gasteiger partial charge in [-0.2, -0.15) is 13.2 Å². The van der Waals surface area contributed by atoms with E-state index in [1.807, 2.05) is 0 Å². The zero-order valence-electron chi connectivity index (χ0n) is 13.8. The third-order valence-corrected chi connectivity index (χ3v) is 3.10. The van der Waals surface area contributed by atoms with Gasteiger partial charge < -0.3 is 9.84 Å². The van der Waals surface area contributed by atoms with E-state index in [-0.39, 0.29) is 17.7 Å². The van der Waals surface area contributed by atoms with Crippen LogP contribution in [0.4, 0.5) is 23.7 Å². The van der Waals surface area contributed by atoms with Crippen molar-refractivity contribution < 1.29 is 32.6 Å². The van der Waals surface area contributed by atoms with E-state index in [0.717, 1.165) is 12.1 Å². The second-order valence-corrected chi connectivity index (χ2v) is 6.23. The van der Waals surface area contributed by atoms with Crippen LogP contribution >= 0.6 is 0 Å². The molecule has 1 unspecified atom stereocenters. The molecular formula is C16H20F3NO4. The summed E-state index contributed by atoms with van der Waals surface area (Å²) < 4.78 is 43.7. The zero-order valence-corrected chi connectivity index (χ0v) is 13.8.